The van der Waals surface area contributed by atoms with Gasteiger partial charge in [0, 0.05) is 30.4 Å². The number of halogens is 2. The molecule has 5 heterocycles. The Kier molecular flexibility index (Phi) is 6.49. The van der Waals surface area contributed by atoms with Crippen molar-refractivity contribution in [2.75, 3.05) is 13.2 Å². The van der Waals surface area contributed by atoms with Crippen molar-refractivity contribution in [3.05, 3.63) is 92.4 Å². The number of nitrogens with zero attached hydrogens (tertiary/aromatic N) is 5. The van der Waals surface area contributed by atoms with Crippen LogP contribution in [-0.4, -0.2) is 42.8 Å². The Morgan fingerprint density at radius 3 is 2.62 bits per heavy atom. The van der Waals surface area contributed by atoms with Gasteiger partial charge in [-0.05, 0) is 50.1 Å². The van der Waals surface area contributed by atoms with Crippen molar-refractivity contribution >= 4 is 11.6 Å². The summed E-state index contributed by atoms with van der Waals surface area (Å²) in [5, 5.41) is 10.4. The van der Waals surface area contributed by atoms with Crippen LogP contribution in [0.3, 0.4) is 0 Å². The molecule has 9 nitrogen and oxygen atoms in total. The van der Waals surface area contributed by atoms with E-state index in [1.54, 1.807) is 44.4 Å². The molecule has 0 bridgehead atoms. The fourth-order valence-electron chi connectivity index (χ4n) is 3.94. The van der Waals surface area contributed by atoms with E-state index in [1.807, 2.05) is 6.92 Å². The van der Waals surface area contributed by atoms with Gasteiger partial charge in [0.15, 0.2) is 11.4 Å². The van der Waals surface area contributed by atoms with Crippen molar-refractivity contribution in [1.82, 2.24) is 24.5 Å². The highest BCUT2D eigenvalue weighted by Gasteiger charge is 2.41. The number of ether oxygens (including phenoxy) is 2. The first-order chi connectivity index (χ1) is 17.7. The molecule has 0 aliphatic carbocycles. The fraction of sp³-hybridized carbons (Fsp3) is 0.269. The summed E-state index contributed by atoms with van der Waals surface area (Å²) in [6.45, 7) is 5.36. The average molecular weight is 524 g/mol. The Labute approximate surface area is 216 Å². The minimum Gasteiger partial charge on any atom is -0.485 e. The molecule has 1 aliphatic heterocycles. The largest absolute Gasteiger partial charge is 0.485 e. The van der Waals surface area contributed by atoms with Crippen LogP contribution in [0.1, 0.15) is 28.3 Å². The Morgan fingerprint density at radius 1 is 1.14 bits per heavy atom. The van der Waals surface area contributed by atoms with Gasteiger partial charge in [-0.15, -0.1) is 0 Å². The Morgan fingerprint density at radius 2 is 1.92 bits per heavy atom. The Balaban J connectivity index is 1.49. The summed E-state index contributed by atoms with van der Waals surface area (Å²) < 4.78 is 26.4. The van der Waals surface area contributed by atoms with Crippen LogP contribution in [0.4, 0.5) is 4.39 Å². The average Bonchev–Trinajstić information content (AvgIpc) is 2.86. The number of aryl methyl sites for hydroxylation is 3. The summed E-state index contributed by atoms with van der Waals surface area (Å²) in [7, 11) is 0. The zero-order valence-electron chi connectivity index (χ0n) is 20.3. The second-order valence-corrected chi connectivity index (χ2v) is 9.36. The zero-order valence-corrected chi connectivity index (χ0v) is 21.1. The van der Waals surface area contributed by atoms with Gasteiger partial charge in [-0.3, -0.25) is 19.3 Å². The van der Waals surface area contributed by atoms with Crippen LogP contribution in [0, 0.1) is 26.6 Å². The molecule has 190 valence electrons. The lowest BCUT2D eigenvalue weighted by Crippen LogP contribution is -2.47. The van der Waals surface area contributed by atoms with Gasteiger partial charge in [0.2, 0.25) is 0 Å². The van der Waals surface area contributed by atoms with Gasteiger partial charge in [-0.25, -0.2) is 14.4 Å². The molecule has 0 unspecified atom stereocenters. The maximum absolute atomic E-state index is 14.2. The van der Waals surface area contributed by atoms with Crippen LogP contribution in [0.25, 0.3) is 17.1 Å². The molecule has 1 N–H and O–H groups in total. The highest BCUT2D eigenvalue weighted by atomic mass is 35.5. The second-order valence-electron chi connectivity index (χ2n) is 8.98. The molecule has 11 heteroatoms. The summed E-state index contributed by atoms with van der Waals surface area (Å²) in [5.41, 5.74) is 1.87. The van der Waals surface area contributed by atoms with Gasteiger partial charge < -0.3 is 14.6 Å². The van der Waals surface area contributed by atoms with Crippen LogP contribution < -0.4 is 10.3 Å². The predicted octanol–water partition coefficient (Wildman–Crippen LogP) is 3.60. The molecule has 1 aliphatic rings. The van der Waals surface area contributed by atoms with E-state index in [0.29, 0.717) is 28.3 Å². The van der Waals surface area contributed by atoms with E-state index in [9.17, 15) is 14.3 Å². The Bertz CT molecular complexity index is 1570. The van der Waals surface area contributed by atoms with Gasteiger partial charge >= 0.3 is 0 Å². The summed E-state index contributed by atoms with van der Waals surface area (Å²) in [6, 6.07) is 6.37. The molecule has 0 atom stereocenters. The number of aromatic nitrogens is 5. The fourth-order valence-corrected chi connectivity index (χ4v) is 4.14. The third kappa shape index (κ3) is 4.71. The lowest BCUT2D eigenvalue weighted by atomic mass is 10.0. The third-order valence-electron chi connectivity index (χ3n) is 6.05. The van der Waals surface area contributed by atoms with Crippen molar-refractivity contribution in [2.45, 2.75) is 33.0 Å². The number of aliphatic hydroxyl groups is 1. The van der Waals surface area contributed by atoms with Gasteiger partial charge in [0.1, 0.15) is 28.9 Å². The minimum absolute atomic E-state index is 0.112. The molecule has 37 heavy (non-hydrogen) atoms. The van der Waals surface area contributed by atoms with Gasteiger partial charge in [-0.1, -0.05) is 11.6 Å². The number of hydrogen-bond acceptors (Lipinski definition) is 8. The van der Waals surface area contributed by atoms with Crippen LogP contribution in [-0.2, 0) is 16.9 Å². The van der Waals surface area contributed by atoms with Crippen molar-refractivity contribution in [3.63, 3.8) is 0 Å². The SMILES string of the molecule is Cc1cnc(COc2cc(C)n(-c3cc(-c4ccnc(C5(O)COC5)n4)ncc3C)c(=O)c2Cl)c(F)c1. The third-order valence-corrected chi connectivity index (χ3v) is 6.40. The van der Waals surface area contributed by atoms with Crippen molar-refractivity contribution < 1.29 is 19.0 Å². The molecular formula is C26H23ClFN5O4. The van der Waals surface area contributed by atoms with E-state index >= 15 is 0 Å². The summed E-state index contributed by atoms with van der Waals surface area (Å²) >= 11 is 6.41. The van der Waals surface area contributed by atoms with Gasteiger partial charge in [0.25, 0.3) is 5.56 Å². The van der Waals surface area contributed by atoms with Crippen LogP contribution >= 0.6 is 11.6 Å². The molecule has 5 rings (SSSR count). The predicted molar refractivity (Wildman–Crippen MR) is 133 cm³/mol. The van der Waals surface area contributed by atoms with Crippen molar-refractivity contribution in [2.24, 2.45) is 0 Å². The molecule has 1 fully saturated rings. The van der Waals surface area contributed by atoms with Crippen LogP contribution in [0.2, 0.25) is 5.02 Å². The lowest BCUT2D eigenvalue weighted by Gasteiger charge is -2.34. The van der Waals surface area contributed by atoms with E-state index < -0.39 is 17.0 Å². The zero-order chi connectivity index (χ0) is 26.3. The molecule has 0 spiro atoms. The molecule has 4 aromatic heterocycles. The maximum Gasteiger partial charge on any atom is 0.277 e. The first kappa shape index (κ1) is 24.9. The smallest absolute Gasteiger partial charge is 0.277 e. The molecule has 0 radical (unpaired) electrons. The van der Waals surface area contributed by atoms with Gasteiger partial charge in [-0.2, -0.15) is 0 Å². The second kappa shape index (κ2) is 9.62. The normalized spacial score (nSPS) is 14.3. The summed E-state index contributed by atoms with van der Waals surface area (Å²) in [6.07, 6.45) is 4.71. The monoisotopic (exact) mass is 523 g/mol. The Hall–Kier alpha value is -3.73. The first-order valence-electron chi connectivity index (χ1n) is 11.4. The molecule has 0 aromatic carbocycles. The number of hydrogen-bond donors (Lipinski definition) is 1. The molecule has 1 saturated heterocycles. The first-order valence-corrected chi connectivity index (χ1v) is 11.8. The summed E-state index contributed by atoms with van der Waals surface area (Å²) in [5.74, 6) is -0.117. The van der Waals surface area contributed by atoms with E-state index in [1.165, 1.54) is 16.8 Å². The highest BCUT2D eigenvalue weighted by Crippen LogP contribution is 2.29. The number of pyridine rings is 3. The van der Waals surface area contributed by atoms with Crippen molar-refractivity contribution in [1.29, 1.82) is 0 Å². The van der Waals surface area contributed by atoms with Crippen molar-refractivity contribution in [3.8, 4) is 22.8 Å². The van der Waals surface area contributed by atoms with Crippen LogP contribution in [0.15, 0.2) is 47.7 Å². The van der Waals surface area contributed by atoms with Crippen LogP contribution in [0.5, 0.6) is 5.75 Å². The highest BCUT2D eigenvalue weighted by molar-refractivity contribution is 6.31. The number of rotatable bonds is 6. The van der Waals surface area contributed by atoms with E-state index in [0.717, 1.165) is 5.56 Å². The van der Waals surface area contributed by atoms with E-state index in [4.69, 9.17) is 21.1 Å². The minimum atomic E-state index is -1.22. The summed E-state index contributed by atoms with van der Waals surface area (Å²) in [4.78, 5) is 30.5. The molecule has 0 saturated carbocycles. The molecule has 4 aromatic rings. The standard InChI is InChI=1S/C26H23ClFN5O4/c1-14-6-17(28)20(30-9-14)11-37-22-7-16(3)33(24(34)23(22)27)21-8-19(31-10-15(21)2)18-4-5-29-25(32-18)26(35)12-36-13-26/h4-10,35H,11-13H2,1-3H3. The van der Waals surface area contributed by atoms with E-state index in [-0.39, 0.29) is 42.1 Å². The molecular weight excluding hydrogens is 501 g/mol. The van der Waals surface area contributed by atoms with E-state index in [2.05, 4.69) is 19.9 Å². The topological polar surface area (TPSA) is 112 Å². The quantitative estimate of drug-likeness (QED) is 0.408. The lowest BCUT2D eigenvalue weighted by molar-refractivity contribution is -0.189. The molecule has 0 amide bonds. The van der Waals surface area contributed by atoms with Gasteiger partial charge in [0.05, 0.1) is 30.3 Å². The maximum atomic E-state index is 14.2.